The van der Waals surface area contributed by atoms with Gasteiger partial charge in [-0.25, -0.2) is 0 Å². The number of Topliss-reactive ketones (excluding diaryl/α,β-unsaturated/α-hetero) is 1. The molecule has 4 rings (SSSR count). The van der Waals surface area contributed by atoms with Crippen molar-refractivity contribution >= 4 is 27.6 Å². The maximum Gasteiger partial charge on any atom is 0.141 e. The van der Waals surface area contributed by atoms with Gasteiger partial charge in [-0.05, 0) is 35.4 Å². The van der Waals surface area contributed by atoms with Gasteiger partial charge in [-0.3, -0.25) is 14.8 Å². The van der Waals surface area contributed by atoms with Crippen LogP contribution in [0.4, 0.5) is 0 Å². The van der Waals surface area contributed by atoms with E-state index in [-0.39, 0.29) is 30.1 Å². The molecule has 2 aromatic carbocycles. The molecule has 2 heterocycles. The molecule has 0 aliphatic heterocycles. The first kappa shape index (κ1) is 16.0. The number of carbonyl (C=O) groups excluding carboxylic acids is 1. The number of carbonyl (C=O) groups is 1. The van der Waals surface area contributed by atoms with Crippen LogP contribution in [0.5, 0.6) is 11.5 Å². The molecule has 4 aromatic rings. The smallest absolute Gasteiger partial charge is 0.141 e. The Balaban J connectivity index is 1.65. The van der Waals surface area contributed by atoms with Crippen molar-refractivity contribution in [3.63, 3.8) is 0 Å². The Hall–Kier alpha value is -3.47. The molecule has 0 atom stereocenters. The molecule has 0 aliphatic rings. The summed E-state index contributed by atoms with van der Waals surface area (Å²) >= 11 is 0. The fourth-order valence-corrected chi connectivity index (χ4v) is 3.23. The van der Waals surface area contributed by atoms with Crippen LogP contribution in [0.1, 0.15) is 11.1 Å². The molecule has 0 spiro atoms. The topological polar surface area (TPSA) is 83.3 Å². The van der Waals surface area contributed by atoms with Gasteiger partial charge in [-0.15, -0.1) is 0 Å². The highest BCUT2D eigenvalue weighted by Gasteiger charge is 2.13. The van der Waals surface area contributed by atoms with E-state index in [1.54, 1.807) is 48.8 Å². The Bertz CT molecular complexity index is 1050. The van der Waals surface area contributed by atoms with Gasteiger partial charge < -0.3 is 10.2 Å². The second-order valence-electron chi connectivity index (χ2n) is 6.18. The van der Waals surface area contributed by atoms with Crippen molar-refractivity contribution in [3.8, 4) is 11.5 Å². The number of fused-ring (bicyclic) bond motifs is 2. The number of nitrogens with zero attached hydrogens (tertiary/aromatic N) is 2. The van der Waals surface area contributed by atoms with Crippen LogP contribution in [-0.2, 0) is 17.6 Å². The van der Waals surface area contributed by atoms with E-state index in [4.69, 9.17) is 0 Å². The lowest BCUT2D eigenvalue weighted by Crippen LogP contribution is -2.07. The maximum absolute atomic E-state index is 12.7. The predicted octanol–water partition coefficient (Wildman–Crippen LogP) is 3.55. The molecule has 128 valence electrons. The molecule has 0 saturated carbocycles. The normalized spacial score (nSPS) is 11.1. The van der Waals surface area contributed by atoms with Crippen LogP contribution in [0.3, 0.4) is 0 Å². The molecule has 0 aliphatic carbocycles. The molecule has 0 fully saturated rings. The van der Waals surface area contributed by atoms with Crippen LogP contribution in [-0.4, -0.2) is 26.0 Å². The van der Waals surface area contributed by atoms with E-state index >= 15 is 0 Å². The molecule has 0 bridgehead atoms. The van der Waals surface area contributed by atoms with Gasteiger partial charge >= 0.3 is 0 Å². The molecule has 0 saturated heterocycles. The summed E-state index contributed by atoms with van der Waals surface area (Å²) in [6.07, 6.45) is 3.71. The van der Waals surface area contributed by atoms with Crippen molar-refractivity contribution in [1.82, 2.24) is 9.97 Å². The van der Waals surface area contributed by atoms with Crippen LogP contribution in [0, 0.1) is 0 Å². The Morgan fingerprint density at radius 2 is 1.19 bits per heavy atom. The summed E-state index contributed by atoms with van der Waals surface area (Å²) in [4.78, 5) is 21.0. The Morgan fingerprint density at radius 1 is 0.731 bits per heavy atom. The van der Waals surface area contributed by atoms with Crippen molar-refractivity contribution in [1.29, 1.82) is 0 Å². The Labute approximate surface area is 149 Å². The van der Waals surface area contributed by atoms with E-state index in [0.29, 0.717) is 11.0 Å². The molecule has 0 radical (unpaired) electrons. The lowest BCUT2D eigenvalue weighted by atomic mass is 9.97. The highest BCUT2D eigenvalue weighted by atomic mass is 16.3. The van der Waals surface area contributed by atoms with Crippen molar-refractivity contribution in [2.75, 3.05) is 0 Å². The number of pyridine rings is 2. The van der Waals surface area contributed by atoms with E-state index in [2.05, 4.69) is 9.97 Å². The molecule has 26 heavy (non-hydrogen) atoms. The van der Waals surface area contributed by atoms with Gasteiger partial charge in [-0.2, -0.15) is 0 Å². The lowest BCUT2D eigenvalue weighted by molar-refractivity contribution is -0.117. The third-order valence-electron chi connectivity index (χ3n) is 4.45. The number of rotatable bonds is 4. The van der Waals surface area contributed by atoms with Crippen LogP contribution >= 0.6 is 0 Å². The molecule has 0 unspecified atom stereocenters. The highest BCUT2D eigenvalue weighted by Crippen LogP contribution is 2.28. The minimum Gasteiger partial charge on any atom is -0.506 e. The van der Waals surface area contributed by atoms with E-state index in [9.17, 15) is 15.0 Å². The first-order chi connectivity index (χ1) is 12.6. The summed E-state index contributed by atoms with van der Waals surface area (Å²) in [6, 6.07) is 13.9. The zero-order valence-electron chi connectivity index (χ0n) is 13.9. The van der Waals surface area contributed by atoms with Gasteiger partial charge in [0.25, 0.3) is 0 Å². The van der Waals surface area contributed by atoms with Gasteiger partial charge in [0.05, 0.1) is 0 Å². The van der Waals surface area contributed by atoms with E-state index < -0.39 is 0 Å². The van der Waals surface area contributed by atoms with Crippen LogP contribution in [0.15, 0.2) is 60.9 Å². The van der Waals surface area contributed by atoms with Crippen LogP contribution in [0.25, 0.3) is 21.8 Å². The predicted molar refractivity (Wildman–Crippen MR) is 99.2 cm³/mol. The number of benzene rings is 2. The Kier molecular flexibility index (Phi) is 3.97. The fraction of sp³-hybridized carbons (Fsp3) is 0.0952. The monoisotopic (exact) mass is 344 g/mol. The van der Waals surface area contributed by atoms with Gasteiger partial charge in [-0.1, -0.05) is 24.3 Å². The number of aromatic nitrogens is 2. The largest absolute Gasteiger partial charge is 0.506 e. The standard InChI is InChI=1S/C21H16N2O3/c24-15(11-13-5-7-18(25)20-16(13)3-1-9-22-20)12-14-6-8-19(26)21-17(14)4-2-10-23-21/h1-10,25-26H,11-12H2. The van der Waals surface area contributed by atoms with Crippen LogP contribution in [0.2, 0.25) is 0 Å². The number of hydrogen-bond acceptors (Lipinski definition) is 5. The summed E-state index contributed by atoms with van der Waals surface area (Å²) in [7, 11) is 0. The average molecular weight is 344 g/mol. The van der Waals surface area contributed by atoms with E-state index in [0.717, 1.165) is 21.9 Å². The Morgan fingerprint density at radius 3 is 1.65 bits per heavy atom. The SMILES string of the molecule is O=C(Cc1ccc(O)c2ncccc12)Cc1ccc(O)c2ncccc12. The fourth-order valence-electron chi connectivity index (χ4n) is 3.23. The maximum atomic E-state index is 12.7. The van der Waals surface area contributed by atoms with Crippen molar-refractivity contribution in [2.45, 2.75) is 12.8 Å². The van der Waals surface area contributed by atoms with Gasteiger partial charge in [0.1, 0.15) is 28.3 Å². The molecule has 5 nitrogen and oxygen atoms in total. The quantitative estimate of drug-likeness (QED) is 0.591. The minimum atomic E-state index is 0.0386. The molecular weight excluding hydrogens is 328 g/mol. The number of phenols is 2. The molecule has 0 amide bonds. The second kappa shape index (κ2) is 6.44. The summed E-state index contributed by atoms with van der Waals surface area (Å²) in [6.45, 7) is 0. The zero-order valence-corrected chi connectivity index (χ0v) is 13.9. The van der Waals surface area contributed by atoms with Gasteiger partial charge in [0.2, 0.25) is 0 Å². The van der Waals surface area contributed by atoms with Crippen molar-refractivity contribution in [2.24, 2.45) is 0 Å². The third-order valence-corrected chi connectivity index (χ3v) is 4.45. The third kappa shape index (κ3) is 2.84. The van der Waals surface area contributed by atoms with E-state index in [1.165, 1.54) is 0 Å². The van der Waals surface area contributed by atoms with Crippen molar-refractivity contribution < 1.29 is 15.0 Å². The second-order valence-corrected chi connectivity index (χ2v) is 6.18. The van der Waals surface area contributed by atoms with Gasteiger partial charge in [0, 0.05) is 36.0 Å². The molecule has 2 aromatic heterocycles. The minimum absolute atomic E-state index is 0.0386. The van der Waals surface area contributed by atoms with E-state index in [1.807, 2.05) is 12.1 Å². The summed E-state index contributed by atoms with van der Waals surface area (Å²) in [5.41, 5.74) is 2.66. The number of phenolic OH excluding ortho intramolecular Hbond substituents is 2. The lowest BCUT2D eigenvalue weighted by Gasteiger charge is -2.09. The van der Waals surface area contributed by atoms with Crippen LogP contribution < -0.4 is 0 Å². The summed E-state index contributed by atoms with van der Waals surface area (Å²) in [5.74, 6) is 0.247. The summed E-state index contributed by atoms with van der Waals surface area (Å²) in [5, 5.41) is 21.4. The zero-order chi connectivity index (χ0) is 18.1. The summed E-state index contributed by atoms with van der Waals surface area (Å²) < 4.78 is 0. The number of hydrogen-bond donors (Lipinski definition) is 2. The highest BCUT2D eigenvalue weighted by molar-refractivity contribution is 5.95. The molecular formula is C21H16N2O3. The average Bonchev–Trinajstić information content (AvgIpc) is 2.67. The molecule has 2 N–H and O–H groups in total. The number of aromatic hydroxyl groups is 2. The van der Waals surface area contributed by atoms with Gasteiger partial charge in [0.15, 0.2) is 0 Å². The molecule has 5 heteroatoms. The van der Waals surface area contributed by atoms with Crippen molar-refractivity contribution in [3.05, 3.63) is 72.1 Å². The first-order valence-corrected chi connectivity index (χ1v) is 8.26. The number of ketones is 1. The first-order valence-electron chi connectivity index (χ1n) is 8.26.